The predicted molar refractivity (Wildman–Crippen MR) is 51.6 cm³/mol. The lowest BCUT2D eigenvalue weighted by Gasteiger charge is -2.18. The van der Waals surface area contributed by atoms with Crippen molar-refractivity contribution in [3.63, 3.8) is 0 Å². The van der Waals surface area contributed by atoms with Crippen molar-refractivity contribution < 1.29 is 5.11 Å². The average Bonchev–Trinajstić information content (AvgIpc) is 1.80. The third-order valence-corrected chi connectivity index (χ3v) is 3.16. The van der Waals surface area contributed by atoms with Crippen molar-refractivity contribution in [2.24, 2.45) is 5.41 Å². The fourth-order valence-corrected chi connectivity index (χ4v) is 1.31. The monoisotopic (exact) mass is 178 g/mol. The van der Waals surface area contributed by atoms with E-state index in [9.17, 15) is 0 Å². The Morgan fingerprint density at radius 3 is 2.30 bits per heavy atom. The van der Waals surface area contributed by atoms with E-state index in [2.05, 4.69) is 20.8 Å². The average molecular weight is 178 g/mol. The predicted octanol–water partition coefficient (Wildman–Crippen LogP) is 2.09. The van der Waals surface area contributed by atoms with Crippen molar-refractivity contribution >= 4 is 28.2 Å². The summed E-state index contributed by atoms with van der Waals surface area (Å²) in [5.41, 5.74) is 0.0924. The van der Waals surface area contributed by atoms with E-state index in [1.807, 2.05) is 0 Å². The Bertz CT molecular complexity index is 115. The molecule has 1 nitrogen and oxygen atoms in total. The summed E-state index contributed by atoms with van der Waals surface area (Å²) in [6.07, 6.45) is 0. The molecule has 0 spiro atoms. The van der Waals surface area contributed by atoms with Gasteiger partial charge in [-0.1, -0.05) is 33.0 Å². The first-order chi connectivity index (χ1) is 4.48. The fourth-order valence-electron chi connectivity index (χ4n) is 0.355. The van der Waals surface area contributed by atoms with Crippen LogP contribution in [-0.2, 0) is 0 Å². The topological polar surface area (TPSA) is 20.2 Å². The third kappa shape index (κ3) is 4.25. The van der Waals surface area contributed by atoms with Gasteiger partial charge in [0.15, 0.2) is 0 Å². The zero-order valence-corrected chi connectivity index (χ0v) is 8.31. The molecule has 0 heterocycles. The second kappa shape index (κ2) is 4.31. The lowest BCUT2D eigenvalue weighted by Crippen LogP contribution is -2.15. The van der Waals surface area contributed by atoms with Crippen molar-refractivity contribution in [2.45, 2.75) is 20.8 Å². The first kappa shape index (κ1) is 10.4. The van der Waals surface area contributed by atoms with Crippen LogP contribution in [0.2, 0.25) is 0 Å². The second-order valence-electron chi connectivity index (χ2n) is 3.11. The summed E-state index contributed by atoms with van der Waals surface area (Å²) >= 11 is 6.67. The number of hydrogen-bond acceptors (Lipinski definition) is 3. The normalized spacial score (nSPS) is 11.6. The van der Waals surface area contributed by atoms with Crippen molar-refractivity contribution in [1.29, 1.82) is 0 Å². The lowest BCUT2D eigenvalue weighted by atomic mass is 10.0. The summed E-state index contributed by atoms with van der Waals surface area (Å²) in [5, 5.41) is 8.50. The molecule has 60 valence electrons. The summed E-state index contributed by atoms with van der Waals surface area (Å²) in [6.45, 7) is 6.46. The van der Waals surface area contributed by atoms with Crippen LogP contribution in [0.25, 0.3) is 0 Å². The van der Waals surface area contributed by atoms with E-state index in [1.165, 1.54) is 0 Å². The van der Waals surface area contributed by atoms with Gasteiger partial charge in [-0.15, -0.1) is 11.8 Å². The van der Waals surface area contributed by atoms with Crippen molar-refractivity contribution in [2.75, 3.05) is 12.4 Å². The molecular weight excluding hydrogens is 164 g/mol. The molecule has 10 heavy (non-hydrogen) atoms. The highest BCUT2D eigenvalue weighted by molar-refractivity contribution is 8.23. The maximum absolute atomic E-state index is 8.50. The van der Waals surface area contributed by atoms with Crippen LogP contribution < -0.4 is 0 Å². The van der Waals surface area contributed by atoms with Gasteiger partial charge in [0.2, 0.25) is 0 Å². The number of rotatable bonds is 2. The van der Waals surface area contributed by atoms with Crippen LogP contribution in [0.15, 0.2) is 0 Å². The molecule has 0 aromatic carbocycles. The van der Waals surface area contributed by atoms with Crippen molar-refractivity contribution in [3.05, 3.63) is 0 Å². The molecule has 0 aliphatic carbocycles. The Hall–Kier alpha value is 0.400. The quantitative estimate of drug-likeness (QED) is 0.654. The Labute approximate surface area is 72.2 Å². The van der Waals surface area contributed by atoms with E-state index >= 15 is 0 Å². The van der Waals surface area contributed by atoms with Gasteiger partial charge in [0, 0.05) is 11.2 Å². The minimum Gasteiger partial charge on any atom is -0.396 e. The molecule has 1 N–H and O–H groups in total. The molecule has 0 saturated carbocycles. The van der Waals surface area contributed by atoms with Crippen LogP contribution in [0.5, 0.6) is 0 Å². The summed E-state index contributed by atoms with van der Waals surface area (Å²) < 4.78 is 0.974. The van der Waals surface area contributed by atoms with Crippen LogP contribution in [0.4, 0.5) is 0 Å². The molecule has 0 aliphatic heterocycles. The maximum atomic E-state index is 8.50. The van der Waals surface area contributed by atoms with Gasteiger partial charge in [-0.05, 0) is 0 Å². The molecule has 0 atom stereocenters. The maximum Gasteiger partial charge on any atom is 0.0532 e. The molecule has 0 bridgehead atoms. The fraction of sp³-hybridized carbons (Fsp3) is 0.857. The Kier molecular flexibility index (Phi) is 4.49. The molecule has 0 radical (unpaired) electrons. The van der Waals surface area contributed by atoms with Gasteiger partial charge in [0.25, 0.3) is 0 Å². The summed E-state index contributed by atoms with van der Waals surface area (Å²) in [6, 6.07) is 0. The number of hydrogen-bond donors (Lipinski definition) is 1. The first-order valence-corrected chi connectivity index (χ1v) is 4.66. The molecule has 3 heteroatoms. The van der Waals surface area contributed by atoms with E-state index in [0.717, 1.165) is 9.95 Å². The summed E-state index contributed by atoms with van der Waals surface area (Å²) in [7, 11) is 0. The minimum absolute atomic E-state index is 0.0924. The third-order valence-electron chi connectivity index (χ3n) is 0.937. The highest BCUT2D eigenvalue weighted by Gasteiger charge is 2.16. The van der Waals surface area contributed by atoms with E-state index in [4.69, 9.17) is 17.3 Å². The minimum atomic E-state index is 0.0924. The van der Waals surface area contributed by atoms with Crippen LogP contribution in [0, 0.1) is 5.41 Å². The van der Waals surface area contributed by atoms with Gasteiger partial charge in [0.05, 0.1) is 10.8 Å². The number of aliphatic hydroxyl groups is 1. The van der Waals surface area contributed by atoms with E-state index < -0.39 is 0 Å². The first-order valence-electron chi connectivity index (χ1n) is 3.26. The SMILES string of the molecule is CC(C)(C)C(=S)SCCO. The van der Waals surface area contributed by atoms with Crippen molar-refractivity contribution in [1.82, 2.24) is 0 Å². The summed E-state index contributed by atoms with van der Waals surface area (Å²) in [4.78, 5) is 0. The Balaban J connectivity index is 3.64. The van der Waals surface area contributed by atoms with Gasteiger partial charge >= 0.3 is 0 Å². The Morgan fingerprint density at radius 1 is 1.50 bits per heavy atom. The van der Waals surface area contributed by atoms with Gasteiger partial charge in [-0.2, -0.15) is 0 Å². The standard InChI is InChI=1S/C7H14OS2/c1-7(2,3)6(9)10-5-4-8/h8H,4-5H2,1-3H3. The number of thioether (sulfide) groups is 1. The molecule has 0 rings (SSSR count). The molecule has 0 fully saturated rings. The van der Waals surface area contributed by atoms with Crippen LogP contribution in [0.3, 0.4) is 0 Å². The molecule has 0 unspecified atom stereocenters. The van der Waals surface area contributed by atoms with Crippen molar-refractivity contribution in [3.8, 4) is 0 Å². The number of thiocarbonyl (C=S) groups is 1. The highest BCUT2D eigenvalue weighted by Crippen LogP contribution is 2.24. The molecular formula is C7H14OS2. The lowest BCUT2D eigenvalue weighted by molar-refractivity contribution is 0.323. The van der Waals surface area contributed by atoms with E-state index in [1.54, 1.807) is 11.8 Å². The largest absolute Gasteiger partial charge is 0.396 e. The zero-order valence-electron chi connectivity index (χ0n) is 6.68. The molecule has 0 aromatic heterocycles. The molecule has 0 aromatic rings. The summed E-state index contributed by atoms with van der Waals surface area (Å²) in [5.74, 6) is 0.718. The van der Waals surface area contributed by atoms with E-state index in [-0.39, 0.29) is 12.0 Å². The highest BCUT2D eigenvalue weighted by atomic mass is 32.2. The molecule has 0 aliphatic rings. The molecule has 0 amide bonds. The van der Waals surface area contributed by atoms with Crippen LogP contribution in [0.1, 0.15) is 20.8 Å². The zero-order chi connectivity index (χ0) is 8.20. The Morgan fingerprint density at radius 2 is 2.00 bits per heavy atom. The second-order valence-corrected chi connectivity index (χ2v) is 4.88. The number of aliphatic hydroxyl groups excluding tert-OH is 1. The smallest absolute Gasteiger partial charge is 0.0532 e. The van der Waals surface area contributed by atoms with Crippen LogP contribution >= 0.6 is 24.0 Å². The molecule has 0 saturated heterocycles. The van der Waals surface area contributed by atoms with Crippen LogP contribution in [-0.4, -0.2) is 21.7 Å². The van der Waals surface area contributed by atoms with Gasteiger partial charge in [-0.25, -0.2) is 0 Å². The van der Waals surface area contributed by atoms with Gasteiger partial charge in [0.1, 0.15) is 0 Å². The van der Waals surface area contributed by atoms with Gasteiger partial charge < -0.3 is 5.11 Å². The van der Waals surface area contributed by atoms with E-state index in [0.29, 0.717) is 0 Å². The van der Waals surface area contributed by atoms with Gasteiger partial charge in [-0.3, -0.25) is 0 Å².